The molecule has 18 heavy (non-hydrogen) atoms. The Morgan fingerprint density at radius 1 is 1.17 bits per heavy atom. The topological polar surface area (TPSA) is 39.7 Å². The molecule has 1 aromatic carbocycles. The van der Waals surface area contributed by atoms with Crippen LogP contribution in [0.5, 0.6) is 11.5 Å². The Labute approximate surface area is 108 Å². The van der Waals surface area contributed by atoms with Crippen LogP contribution in [-0.2, 0) is 11.2 Å². The number of ether oxygens (including phenoxy) is 3. The van der Waals surface area contributed by atoms with Gasteiger partial charge < -0.3 is 19.5 Å². The molecule has 2 unspecified atom stereocenters. The number of fused-ring (bicyclic) bond motifs is 1. The number of nitrogens with one attached hydrogen (secondary N) is 1. The summed E-state index contributed by atoms with van der Waals surface area (Å²) < 4.78 is 16.0. The van der Waals surface area contributed by atoms with E-state index >= 15 is 0 Å². The number of methoxy groups -OCH3 is 3. The summed E-state index contributed by atoms with van der Waals surface area (Å²) in [5.41, 5.74) is 2.55. The van der Waals surface area contributed by atoms with Gasteiger partial charge in [-0.3, -0.25) is 0 Å². The highest BCUT2D eigenvalue weighted by atomic mass is 16.5. The summed E-state index contributed by atoms with van der Waals surface area (Å²) in [6.07, 6.45) is 0.996. The first-order valence-corrected chi connectivity index (χ1v) is 6.19. The summed E-state index contributed by atoms with van der Waals surface area (Å²) in [5.74, 6) is 1.57. The lowest BCUT2D eigenvalue weighted by Crippen LogP contribution is -2.39. The molecule has 0 aromatic heterocycles. The van der Waals surface area contributed by atoms with Gasteiger partial charge in [-0.05, 0) is 36.6 Å². The van der Waals surface area contributed by atoms with Crippen molar-refractivity contribution in [1.29, 1.82) is 0 Å². The second kappa shape index (κ2) is 5.59. The van der Waals surface area contributed by atoms with Crippen LogP contribution in [0.25, 0.3) is 0 Å². The lowest BCUT2D eigenvalue weighted by atomic mass is 9.90. The molecule has 1 aliphatic heterocycles. The fraction of sp³-hybridized carbons (Fsp3) is 0.571. The third-order valence-electron chi connectivity index (χ3n) is 3.37. The van der Waals surface area contributed by atoms with Crippen molar-refractivity contribution in [2.24, 2.45) is 0 Å². The smallest absolute Gasteiger partial charge is 0.161 e. The Kier molecular flexibility index (Phi) is 4.09. The van der Waals surface area contributed by atoms with Crippen molar-refractivity contribution < 1.29 is 14.2 Å². The molecule has 100 valence electrons. The van der Waals surface area contributed by atoms with Crippen LogP contribution in [0.3, 0.4) is 0 Å². The molecule has 2 atom stereocenters. The molecule has 0 fully saturated rings. The van der Waals surface area contributed by atoms with Gasteiger partial charge in [0, 0.05) is 13.2 Å². The molecule has 1 heterocycles. The average molecular weight is 251 g/mol. The van der Waals surface area contributed by atoms with Gasteiger partial charge in [0.05, 0.1) is 26.9 Å². The molecule has 0 aliphatic carbocycles. The van der Waals surface area contributed by atoms with Gasteiger partial charge in [0.15, 0.2) is 11.5 Å². The maximum Gasteiger partial charge on any atom is 0.161 e. The summed E-state index contributed by atoms with van der Waals surface area (Å²) in [7, 11) is 5.05. The van der Waals surface area contributed by atoms with Gasteiger partial charge in [0.25, 0.3) is 0 Å². The predicted molar refractivity (Wildman–Crippen MR) is 70.5 cm³/mol. The molecule has 4 nitrogen and oxygen atoms in total. The van der Waals surface area contributed by atoms with Gasteiger partial charge in [-0.1, -0.05) is 0 Å². The van der Waals surface area contributed by atoms with E-state index in [1.54, 1.807) is 21.3 Å². The molecule has 2 rings (SSSR count). The molecule has 1 aromatic rings. The molecule has 4 heteroatoms. The van der Waals surface area contributed by atoms with Crippen molar-refractivity contribution >= 4 is 0 Å². The molecule has 1 aliphatic rings. The second-order valence-electron chi connectivity index (χ2n) is 4.69. The van der Waals surface area contributed by atoms with E-state index in [4.69, 9.17) is 14.2 Å². The van der Waals surface area contributed by atoms with E-state index in [1.807, 2.05) is 0 Å². The van der Waals surface area contributed by atoms with Gasteiger partial charge in [0.2, 0.25) is 0 Å². The monoisotopic (exact) mass is 251 g/mol. The van der Waals surface area contributed by atoms with Crippen LogP contribution in [0.15, 0.2) is 12.1 Å². The molecule has 1 N–H and O–H groups in total. The third-order valence-corrected chi connectivity index (χ3v) is 3.37. The van der Waals surface area contributed by atoms with Gasteiger partial charge in [-0.15, -0.1) is 0 Å². The van der Waals surface area contributed by atoms with Crippen molar-refractivity contribution in [2.45, 2.75) is 25.4 Å². The molecule has 0 spiro atoms. The van der Waals surface area contributed by atoms with E-state index in [2.05, 4.69) is 24.4 Å². The highest BCUT2D eigenvalue weighted by Gasteiger charge is 2.25. The summed E-state index contributed by atoms with van der Waals surface area (Å²) in [4.78, 5) is 0. The minimum atomic E-state index is 0.216. The Bertz CT molecular complexity index is 420. The summed E-state index contributed by atoms with van der Waals surface area (Å²) in [6.45, 7) is 2.84. The maximum absolute atomic E-state index is 5.36. The first-order valence-electron chi connectivity index (χ1n) is 6.19. The summed E-state index contributed by atoms with van der Waals surface area (Å²) >= 11 is 0. The van der Waals surface area contributed by atoms with Crippen molar-refractivity contribution in [3.05, 3.63) is 23.3 Å². The molecule has 0 saturated heterocycles. The Morgan fingerprint density at radius 2 is 1.83 bits per heavy atom. The van der Waals surface area contributed by atoms with E-state index in [0.29, 0.717) is 12.6 Å². The lowest BCUT2D eigenvalue weighted by Gasteiger charge is -2.31. The zero-order valence-corrected chi connectivity index (χ0v) is 11.4. The van der Waals surface area contributed by atoms with Crippen molar-refractivity contribution in [3.8, 4) is 11.5 Å². The van der Waals surface area contributed by atoms with Crippen LogP contribution in [-0.4, -0.2) is 34.0 Å². The van der Waals surface area contributed by atoms with E-state index < -0.39 is 0 Å². The van der Waals surface area contributed by atoms with Crippen molar-refractivity contribution in [2.75, 3.05) is 27.9 Å². The van der Waals surface area contributed by atoms with E-state index in [0.717, 1.165) is 17.9 Å². The highest BCUT2D eigenvalue weighted by Crippen LogP contribution is 2.36. The Hall–Kier alpha value is -1.26. The molecule has 0 radical (unpaired) electrons. The second-order valence-corrected chi connectivity index (χ2v) is 4.69. The van der Waals surface area contributed by atoms with Gasteiger partial charge in [-0.25, -0.2) is 0 Å². The number of hydrogen-bond donors (Lipinski definition) is 1. The first-order chi connectivity index (χ1) is 8.69. The molecule has 0 bridgehead atoms. The number of benzene rings is 1. The quantitative estimate of drug-likeness (QED) is 0.887. The fourth-order valence-corrected chi connectivity index (χ4v) is 2.56. The third kappa shape index (κ3) is 2.44. The minimum Gasteiger partial charge on any atom is -0.493 e. The molecule has 0 amide bonds. The zero-order valence-electron chi connectivity index (χ0n) is 11.4. The lowest BCUT2D eigenvalue weighted by molar-refractivity contribution is 0.157. The largest absolute Gasteiger partial charge is 0.493 e. The zero-order chi connectivity index (χ0) is 13.1. The van der Waals surface area contributed by atoms with Crippen LogP contribution in [0.4, 0.5) is 0 Å². The van der Waals surface area contributed by atoms with Gasteiger partial charge >= 0.3 is 0 Å². The van der Waals surface area contributed by atoms with Crippen LogP contribution >= 0.6 is 0 Å². The molecular weight excluding hydrogens is 230 g/mol. The normalized spacial score (nSPS) is 22.4. The van der Waals surface area contributed by atoms with E-state index in [1.165, 1.54) is 11.1 Å². The Balaban J connectivity index is 2.42. The standard InChI is InChI=1S/C14H21NO3/c1-9-5-10-6-13(17-3)14(18-4)7-11(10)12(15-9)8-16-2/h6-7,9,12,15H,5,8H2,1-4H3. The van der Waals surface area contributed by atoms with Crippen molar-refractivity contribution in [3.63, 3.8) is 0 Å². The summed E-state index contributed by atoms with van der Waals surface area (Å²) in [6, 6.07) is 4.79. The maximum atomic E-state index is 5.36. The molecule has 0 saturated carbocycles. The van der Waals surface area contributed by atoms with Crippen LogP contribution < -0.4 is 14.8 Å². The number of hydrogen-bond acceptors (Lipinski definition) is 4. The van der Waals surface area contributed by atoms with E-state index in [9.17, 15) is 0 Å². The Morgan fingerprint density at radius 3 is 2.44 bits per heavy atom. The SMILES string of the molecule is COCC1NC(C)Cc2cc(OC)c(OC)cc21. The first kappa shape index (κ1) is 13.2. The summed E-state index contributed by atoms with van der Waals surface area (Å²) in [5, 5.41) is 3.54. The van der Waals surface area contributed by atoms with Gasteiger partial charge in [0.1, 0.15) is 0 Å². The average Bonchev–Trinajstić information content (AvgIpc) is 2.37. The van der Waals surface area contributed by atoms with Crippen LogP contribution in [0.2, 0.25) is 0 Å². The highest BCUT2D eigenvalue weighted by molar-refractivity contribution is 5.49. The fourth-order valence-electron chi connectivity index (χ4n) is 2.56. The molecular formula is C14H21NO3. The van der Waals surface area contributed by atoms with Crippen LogP contribution in [0, 0.1) is 0 Å². The minimum absolute atomic E-state index is 0.216. The van der Waals surface area contributed by atoms with Crippen molar-refractivity contribution in [1.82, 2.24) is 5.32 Å². The van der Waals surface area contributed by atoms with E-state index in [-0.39, 0.29) is 6.04 Å². The van der Waals surface area contributed by atoms with Gasteiger partial charge in [-0.2, -0.15) is 0 Å². The number of rotatable bonds is 4. The predicted octanol–water partition coefficient (Wildman–Crippen LogP) is 1.93. The van der Waals surface area contributed by atoms with Crippen LogP contribution in [0.1, 0.15) is 24.1 Å².